The first kappa shape index (κ1) is 21.5. The number of guanidine groups is 1. The Labute approximate surface area is 165 Å². The van der Waals surface area contributed by atoms with Gasteiger partial charge in [-0.25, -0.2) is 0 Å². The molecule has 5 nitrogen and oxygen atoms in total. The monoisotopic (exact) mass is 374 g/mol. The third kappa shape index (κ3) is 7.06. The molecule has 5 heteroatoms. The summed E-state index contributed by atoms with van der Waals surface area (Å²) in [5, 5.41) is 6.99. The second-order valence-electron chi connectivity index (χ2n) is 7.94. The van der Waals surface area contributed by atoms with Crippen molar-refractivity contribution in [3.8, 4) is 5.75 Å². The van der Waals surface area contributed by atoms with Gasteiger partial charge in [0.05, 0.1) is 7.11 Å². The second-order valence-corrected chi connectivity index (χ2v) is 7.94. The van der Waals surface area contributed by atoms with E-state index in [2.05, 4.69) is 53.4 Å². The predicted molar refractivity (Wildman–Crippen MR) is 115 cm³/mol. The number of nitrogens with one attached hydrogen (secondary N) is 2. The molecule has 1 fully saturated rings. The highest BCUT2D eigenvalue weighted by Gasteiger charge is 2.21. The normalized spacial score (nSPS) is 19.8. The van der Waals surface area contributed by atoms with Gasteiger partial charge in [0, 0.05) is 32.7 Å². The SMILES string of the molecule is CN=C(NCCC(C)c1ccc(OC)cc1)NCC1CCCN(C(C)C)C1. The van der Waals surface area contributed by atoms with Crippen LogP contribution in [0.25, 0.3) is 0 Å². The number of piperidine rings is 1. The van der Waals surface area contributed by atoms with Crippen molar-refractivity contribution < 1.29 is 4.74 Å². The topological polar surface area (TPSA) is 48.9 Å². The van der Waals surface area contributed by atoms with Gasteiger partial charge in [-0.3, -0.25) is 4.99 Å². The predicted octanol–water partition coefficient (Wildman–Crippen LogP) is 3.47. The molecular formula is C22H38N4O. The summed E-state index contributed by atoms with van der Waals surface area (Å²) in [5.41, 5.74) is 1.34. The minimum Gasteiger partial charge on any atom is -0.497 e. The Bertz CT molecular complexity index is 570. The summed E-state index contributed by atoms with van der Waals surface area (Å²) in [7, 11) is 3.55. The van der Waals surface area contributed by atoms with Gasteiger partial charge in [0.2, 0.25) is 0 Å². The van der Waals surface area contributed by atoms with Crippen molar-refractivity contribution in [1.82, 2.24) is 15.5 Å². The molecule has 0 bridgehead atoms. The molecule has 1 aromatic rings. The van der Waals surface area contributed by atoms with Crippen LogP contribution in [0.1, 0.15) is 51.5 Å². The maximum absolute atomic E-state index is 5.23. The molecule has 0 radical (unpaired) electrons. The number of benzene rings is 1. The number of hydrogen-bond acceptors (Lipinski definition) is 3. The summed E-state index contributed by atoms with van der Waals surface area (Å²) in [6.07, 6.45) is 3.68. The highest BCUT2D eigenvalue weighted by Crippen LogP contribution is 2.21. The maximum atomic E-state index is 5.23. The first-order chi connectivity index (χ1) is 13.0. The molecule has 0 aromatic heterocycles. The summed E-state index contributed by atoms with van der Waals surface area (Å²) in [5.74, 6) is 3.03. The zero-order valence-corrected chi connectivity index (χ0v) is 17.8. The number of ether oxygens (including phenoxy) is 1. The summed E-state index contributed by atoms with van der Waals surface area (Å²) < 4.78 is 5.23. The smallest absolute Gasteiger partial charge is 0.190 e. The molecule has 2 unspecified atom stereocenters. The van der Waals surface area contributed by atoms with E-state index in [1.54, 1.807) is 7.11 Å². The summed E-state index contributed by atoms with van der Waals surface area (Å²) >= 11 is 0. The molecular weight excluding hydrogens is 336 g/mol. The van der Waals surface area contributed by atoms with Crippen LogP contribution in [0.5, 0.6) is 5.75 Å². The van der Waals surface area contributed by atoms with Crippen LogP contribution in [0.4, 0.5) is 0 Å². The third-order valence-electron chi connectivity index (χ3n) is 5.62. The fourth-order valence-electron chi connectivity index (χ4n) is 3.70. The van der Waals surface area contributed by atoms with E-state index in [1.165, 1.54) is 31.5 Å². The average Bonchev–Trinajstić information content (AvgIpc) is 2.70. The van der Waals surface area contributed by atoms with Crippen LogP contribution in [-0.4, -0.2) is 57.2 Å². The van der Waals surface area contributed by atoms with Crippen molar-refractivity contribution in [3.05, 3.63) is 29.8 Å². The number of aliphatic imine (C=N–C) groups is 1. The Morgan fingerprint density at radius 1 is 1.22 bits per heavy atom. The fourth-order valence-corrected chi connectivity index (χ4v) is 3.70. The lowest BCUT2D eigenvalue weighted by atomic mass is 9.97. The average molecular weight is 375 g/mol. The first-order valence-electron chi connectivity index (χ1n) is 10.4. The van der Waals surface area contributed by atoms with Gasteiger partial charge < -0.3 is 20.3 Å². The van der Waals surface area contributed by atoms with Crippen molar-refractivity contribution >= 4 is 5.96 Å². The lowest BCUT2D eigenvalue weighted by molar-refractivity contribution is 0.141. The molecule has 27 heavy (non-hydrogen) atoms. The van der Waals surface area contributed by atoms with E-state index in [-0.39, 0.29) is 0 Å². The van der Waals surface area contributed by atoms with Crippen molar-refractivity contribution in [2.75, 3.05) is 40.3 Å². The molecule has 0 amide bonds. The molecule has 2 N–H and O–H groups in total. The van der Waals surface area contributed by atoms with Crippen LogP contribution in [0, 0.1) is 5.92 Å². The Morgan fingerprint density at radius 2 is 1.96 bits per heavy atom. The molecule has 1 heterocycles. The van der Waals surface area contributed by atoms with Gasteiger partial charge in [-0.2, -0.15) is 0 Å². The molecule has 1 aliphatic heterocycles. The first-order valence-corrected chi connectivity index (χ1v) is 10.4. The van der Waals surface area contributed by atoms with Gasteiger partial charge in [-0.05, 0) is 69.2 Å². The molecule has 1 aliphatic rings. The highest BCUT2D eigenvalue weighted by molar-refractivity contribution is 5.79. The zero-order chi connectivity index (χ0) is 19.6. The quantitative estimate of drug-likeness (QED) is 0.540. The number of rotatable bonds is 8. The zero-order valence-electron chi connectivity index (χ0n) is 17.8. The van der Waals surface area contributed by atoms with Crippen LogP contribution in [0.15, 0.2) is 29.3 Å². The summed E-state index contributed by atoms with van der Waals surface area (Å²) in [4.78, 5) is 6.97. The minimum atomic E-state index is 0.499. The van der Waals surface area contributed by atoms with Crippen molar-refractivity contribution in [2.24, 2.45) is 10.9 Å². The molecule has 1 aromatic carbocycles. The van der Waals surface area contributed by atoms with E-state index < -0.39 is 0 Å². The number of methoxy groups -OCH3 is 1. The van der Waals surface area contributed by atoms with Gasteiger partial charge in [-0.1, -0.05) is 19.1 Å². The molecule has 2 rings (SSSR count). The molecule has 152 valence electrons. The number of likely N-dealkylation sites (tertiary alicyclic amines) is 1. The van der Waals surface area contributed by atoms with E-state index in [9.17, 15) is 0 Å². The van der Waals surface area contributed by atoms with Crippen molar-refractivity contribution in [3.63, 3.8) is 0 Å². The molecule has 0 spiro atoms. The Hall–Kier alpha value is -1.75. The molecule has 2 atom stereocenters. The lowest BCUT2D eigenvalue weighted by Gasteiger charge is -2.35. The van der Waals surface area contributed by atoms with E-state index in [1.807, 2.05) is 19.2 Å². The van der Waals surface area contributed by atoms with E-state index in [4.69, 9.17) is 4.74 Å². The molecule has 1 saturated heterocycles. The van der Waals surface area contributed by atoms with Crippen LogP contribution in [-0.2, 0) is 0 Å². The number of hydrogen-bond donors (Lipinski definition) is 2. The molecule has 0 aliphatic carbocycles. The summed E-state index contributed by atoms with van der Waals surface area (Å²) in [6.45, 7) is 11.2. The van der Waals surface area contributed by atoms with Gasteiger partial charge in [-0.15, -0.1) is 0 Å². The van der Waals surface area contributed by atoms with Crippen molar-refractivity contribution in [1.29, 1.82) is 0 Å². The Kier molecular flexibility index (Phi) is 8.92. The van der Waals surface area contributed by atoms with Gasteiger partial charge in [0.1, 0.15) is 5.75 Å². The van der Waals surface area contributed by atoms with Crippen LogP contribution in [0.2, 0.25) is 0 Å². The van der Waals surface area contributed by atoms with Crippen LogP contribution >= 0.6 is 0 Å². The number of nitrogens with zero attached hydrogens (tertiary/aromatic N) is 2. The maximum Gasteiger partial charge on any atom is 0.190 e. The van der Waals surface area contributed by atoms with Crippen molar-refractivity contribution in [2.45, 2.75) is 52.0 Å². The standard InChI is InChI=1S/C22H38N4O/c1-17(2)26-14-6-7-19(16-26)15-25-22(23-4)24-13-12-18(3)20-8-10-21(27-5)11-9-20/h8-11,17-19H,6-7,12-16H2,1-5H3,(H2,23,24,25). The van der Waals surface area contributed by atoms with Gasteiger partial charge in [0.25, 0.3) is 0 Å². The minimum absolute atomic E-state index is 0.499. The van der Waals surface area contributed by atoms with E-state index in [0.29, 0.717) is 17.9 Å². The second kappa shape index (κ2) is 11.2. The lowest BCUT2D eigenvalue weighted by Crippen LogP contribution is -2.46. The Morgan fingerprint density at radius 3 is 2.59 bits per heavy atom. The fraction of sp³-hybridized carbons (Fsp3) is 0.682. The third-order valence-corrected chi connectivity index (χ3v) is 5.62. The van der Waals surface area contributed by atoms with E-state index >= 15 is 0 Å². The van der Waals surface area contributed by atoms with Gasteiger partial charge >= 0.3 is 0 Å². The molecule has 0 saturated carbocycles. The largest absolute Gasteiger partial charge is 0.497 e. The Balaban J connectivity index is 1.70. The van der Waals surface area contributed by atoms with Crippen LogP contribution < -0.4 is 15.4 Å². The van der Waals surface area contributed by atoms with Crippen LogP contribution in [0.3, 0.4) is 0 Å². The van der Waals surface area contributed by atoms with Gasteiger partial charge in [0.15, 0.2) is 5.96 Å². The van der Waals surface area contributed by atoms with E-state index in [0.717, 1.165) is 31.2 Å². The summed E-state index contributed by atoms with van der Waals surface area (Å²) in [6, 6.07) is 9.01. The highest BCUT2D eigenvalue weighted by atomic mass is 16.5.